The molecule has 1 saturated heterocycles. The van der Waals surface area contributed by atoms with Gasteiger partial charge in [0.25, 0.3) is 0 Å². The van der Waals surface area contributed by atoms with Crippen LogP contribution in [0, 0.1) is 0 Å². The largest absolute Gasteiger partial charge is 0.381 e. The Morgan fingerprint density at radius 2 is 1.68 bits per heavy atom. The van der Waals surface area contributed by atoms with E-state index in [2.05, 4.69) is 36.1 Å². The molecule has 0 saturated carbocycles. The molecular weight excluding hydrogens is 370 g/mol. The molecule has 0 bridgehead atoms. The minimum atomic E-state index is -3.33. The summed E-state index contributed by atoms with van der Waals surface area (Å²) in [5.74, 6) is -0.00677. The van der Waals surface area contributed by atoms with Crippen molar-refractivity contribution in [3.63, 3.8) is 0 Å². The van der Waals surface area contributed by atoms with Crippen LogP contribution < -0.4 is 0 Å². The van der Waals surface area contributed by atoms with Crippen molar-refractivity contribution in [1.29, 1.82) is 0 Å². The molecule has 152 valence electrons. The molecule has 0 amide bonds. The van der Waals surface area contributed by atoms with Crippen molar-refractivity contribution >= 4 is 9.84 Å². The average Bonchev–Trinajstić information content (AvgIpc) is 3.11. The highest BCUT2D eigenvalue weighted by Crippen LogP contribution is 2.23. The van der Waals surface area contributed by atoms with Crippen LogP contribution in [0.15, 0.2) is 53.4 Å². The Balaban J connectivity index is 1.64. The van der Waals surface area contributed by atoms with Crippen LogP contribution in [0.25, 0.3) is 11.1 Å². The van der Waals surface area contributed by atoms with E-state index in [1.165, 1.54) is 32.1 Å². The van der Waals surface area contributed by atoms with Crippen molar-refractivity contribution in [2.45, 2.75) is 50.2 Å². The molecule has 3 rings (SSSR count). The summed E-state index contributed by atoms with van der Waals surface area (Å²) in [5.41, 5.74) is 3.47. The highest BCUT2D eigenvalue weighted by Gasteiger charge is 2.20. The molecule has 0 aliphatic carbocycles. The van der Waals surface area contributed by atoms with Gasteiger partial charge in [0.1, 0.15) is 0 Å². The van der Waals surface area contributed by atoms with Crippen molar-refractivity contribution in [3.05, 3.63) is 54.1 Å². The number of ether oxygens (including phenoxy) is 1. The molecule has 4 nitrogen and oxygen atoms in total. The molecule has 1 fully saturated rings. The second-order valence-electron chi connectivity index (χ2n) is 7.83. The van der Waals surface area contributed by atoms with Crippen LogP contribution in [0.5, 0.6) is 0 Å². The monoisotopic (exact) mass is 401 g/mol. The van der Waals surface area contributed by atoms with Gasteiger partial charge in [-0.05, 0) is 68.5 Å². The van der Waals surface area contributed by atoms with Crippen LogP contribution in [-0.4, -0.2) is 51.4 Å². The van der Waals surface area contributed by atoms with E-state index in [0.29, 0.717) is 10.9 Å². The Morgan fingerprint density at radius 1 is 1.07 bits per heavy atom. The number of likely N-dealkylation sites (tertiary alicyclic amines) is 1. The molecular formula is C23H31NO3S. The summed E-state index contributed by atoms with van der Waals surface area (Å²) in [5, 5.41) is 0. The van der Waals surface area contributed by atoms with Gasteiger partial charge in [-0.1, -0.05) is 36.4 Å². The Labute approximate surface area is 169 Å². The SMILES string of the molecule is COC(C)CS(=O)(=O)c1ccc(-c2ccc(CCN3CCC[C@H]3C)cc2)cc1. The van der Waals surface area contributed by atoms with E-state index in [9.17, 15) is 8.42 Å². The standard InChI is InChI=1S/C23H31NO3S/c1-18-5-4-15-24(18)16-14-20-6-8-21(9-7-20)22-10-12-23(13-11-22)28(25,26)17-19(2)27-3/h6-13,18-19H,4-5,14-17H2,1-3H3/t18-,19?/m1/s1. The van der Waals surface area contributed by atoms with E-state index in [1.54, 1.807) is 19.1 Å². The van der Waals surface area contributed by atoms with Gasteiger partial charge < -0.3 is 9.64 Å². The fourth-order valence-electron chi connectivity index (χ4n) is 3.79. The first-order valence-electron chi connectivity index (χ1n) is 10.1. The molecule has 0 spiro atoms. The van der Waals surface area contributed by atoms with Crippen LogP contribution in [0.3, 0.4) is 0 Å². The molecule has 1 aliphatic heterocycles. The average molecular weight is 402 g/mol. The van der Waals surface area contributed by atoms with Crippen LogP contribution in [0.4, 0.5) is 0 Å². The first kappa shape index (κ1) is 21.0. The van der Waals surface area contributed by atoms with E-state index < -0.39 is 9.84 Å². The van der Waals surface area contributed by atoms with Crippen molar-refractivity contribution in [3.8, 4) is 11.1 Å². The van der Waals surface area contributed by atoms with Gasteiger partial charge in [0.15, 0.2) is 9.84 Å². The van der Waals surface area contributed by atoms with E-state index in [1.807, 2.05) is 12.1 Å². The highest BCUT2D eigenvalue weighted by molar-refractivity contribution is 7.91. The Kier molecular flexibility index (Phi) is 6.91. The summed E-state index contributed by atoms with van der Waals surface area (Å²) in [4.78, 5) is 2.91. The molecule has 0 N–H and O–H groups in total. The topological polar surface area (TPSA) is 46.6 Å². The normalized spacial score (nSPS) is 19.0. The summed E-state index contributed by atoms with van der Waals surface area (Å²) in [7, 11) is -1.80. The zero-order valence-electron chi connectivity index (χ0n) is 17.1. The lowest BCUT2D eigenvalue weighted by atomic mass is 10.0. The first-order chi connectivity index (χ1) is 13.4. The van der Waals surface area contributed by atoms with Gasteiger partial charge >= 0.3 is 0 Å². The molecule has 1 unspecified atom stereocenters. The quantitative estimate of drug-likeness (QED) is 0.665. The summed E-state index contributed by atoms with van der Waals surface area (Å²) < 4.78 is 29.9. The molecule has 28 heavy (non-hydrogen) atoms. The lowest BCUT2D eigenvalue weighted by Crippen LogP contribution is -2.28. The number of nitrogens with zero attached hydrogens (tertiary/aromatic N) is 1. The van der Waals surface area contributed by atoms with Gasteiger partial charge in [-0.3, -0.25) is 0 Å². The van der Waals surface area contributed by atoms with Gasteiger partial charge in [-0.25, -0.2) is 8.42 Å². The van der Waals surface area contributed by atoms with Crippen molar-refractivity contribution in [1.82, 2.24) is 4.90 Å². The van der Waals surface area contributed by atoms with Gasteiger partial charge in [0.2, 0.25) is 0 Å². The lowest BCUT2D eigenvalue weighted by molar-refractivity contribution is 0.136. The molecule has 0 radical (unpaired) electrons. The summed E-state index contributed by atoms with van der Waals surface area (Å²) in [6, 6.07) is 16.5. The number of hydrogen-bond acceptors (Lipinski definition) is 4. The molecule has 5 heteroatoms. The van der Waals surface area contributed by atoms with Crippen molar-refractivity contribution in [2.75, 3.05) is 26.0 Å². The van der Waals surface area contributed by atoms with Gasteiger partial charge in [0.05, 0.1) is 16.8 Å². The fraction of sp³-hybridized carbons (Fsp3) is 0.478. The maximum Gasteiger partial charge on any atom is 0.180 e. The smallest absolute Gasteiger partial charge is 0.180 e. The number of hydrogen-bond donors (Lipinski definition) is 0. The molecule has 1 aliphatic rings. The number of benzene rings is 2. The lowest BCUT2D eigenvalue weighted by Gasteiger charge is -2.20. The predicted octanol–water partition coefficient (Wildman–Crippen LogP) is 4.19. The van der Waals surface area contributed by atoms with E-state index >= 15 is 0 Å². The van der Waals surface area contributed by atoms with Gasteiger partial charge in [-0.15, -0.1) is 0 Å². The Morgan fingerprint density at radius 3 is 2.21 bits per heavy atom. The third-order valence-corrected chi connectivity index (χ3v) is 7.63. The van der Waals surface area contributed by atoms with Gasteiger partial charge in [0, 0.05) is 19.7 Å². The molecule has 2 aromatic rings. The summed E-state index contributed by atoms with van der Waals surface area (Å²) in [6.45, 7) is 6.42. The number of sulfone groups is 1. The van der Waals surface area contributed by atoms with Crippen molar-refractivity contribution in [2.24, 2.45) is 0 Å². The third-order valence-electron chi connectivity index (χ3n) is 5.74. The zero-order chi connectivity index (χ0) is 20.1. The highest BCUT2D eigenvalue weighted by atomic mass is 32.2. The van der Waals surface area contributed by atoms with Crippen LogP contribution in [0.2, 0.25) is 0 Å². The Bertz CT molecular complexity index is 860. The molecule has 1 heterocycles. The van der Waals surface area contributed by atoms with Crippen LogP contribution in [-0.2, 0) is 21.0 Å². The number of rotatable bonds is 8. The molecule has 0 aromatic heterocycles. The second-order valence-corrected chi connectivity index (χ2v) is 9.86. The number of methoxy groups -OCH3 is 1. The molecule has 2 atom stereocenters. The van der Waals surface area contributed by atoms with Crippen molar-refractivity contribution < 1.29 is 13.2 Å². The first-order valence-corrected chi connectivity index (χ1v) is 11.7. The zero-order valence-corrected chi connectivity index (χ0v) is 17.9. The predicted molar refractivity (Wildman–Crippen MR) is 114 cm³/mol. The minimum Gasteiger partial charge on any atom is -0.381 e. The van der Waals surface area contributed by atoms with Crippen LogP contribution in [0.1, 0.15) is 32.3 Å². The van der Waals surface area contributed by atoms with E-state index in [0.717, 1.165) is 24.1 Å². The fourth-order valence-corrected chi connectivity index (χ4v) is 5.29. The van der Waals surface area contributed by atoms with Crippen LogP contribution >= 0.6 is 0 Å². The second kappa shape index (κ2) is 9.21. The molecule has 2 aromatic carbocycles. The summed E-state index contributed by atoms with van der Waals surface area (Å²) in [6.07, 6.45) is 3.38. The minimum absolute atomic E-state index is 0.00677. The van der Waals surface area contributed by atoms with E-state index in [-0.39, 0.29) is 11.9 Å². The van der Waals surface area contributed by atoms with E-state index in [4.69, 9.17) is 4.74 Å². The Hall–Kier alpha value is -1.69. The third kappa shape index (κ3) is 5.22. The summed E-state index contributed by atoms with van der Waals surface area (Å²) >= 11 is 0. The maximum atomic E-state index is 12.4. The van der Waals surface area contributed by atoms with Gasteiger partial charge in [-0.2, -0.15) is 0 Å². The maximum absolute atomic E-state index is 12.4.